The Morgan fingerprint density at radius 3 is 2.69 bits per heavy atom. The number of rotatable bonds is 4. The molecule has 0 aromatic carbocycles. The first-order chi connectivity index (χ1) is 7.54. The van der Waals surface area contributed by atoms with Crippen LogP contribution < -0.4 is 0 Å². The van der Waals surface area contributed by atoms with Gasteiger partial charge in [-0.25, -0.2) is 0 Å². The van der Waals surface area contributed by atoms with Gasteiger partial charge in [0.05, 0.1) is 25.2 Å². The number of carboxylic acid groups (broad SMARTS) is 1. The van der Waals surface area contributed by atoms with Crippen LogP contribution in [0.4, 0.5) is 0 Å². The molecule has 0 aliphatic carbocycles. The maximum atomic E-state index is 11.8. The molecular formula is C11H19NO4. The van der Waals surface area contributed by atoms with Crippen molar-refractivity contribution in [2.45, 2.75) is 45.3 Å². The van der Waals surface area contributed by atoms with Crippen LogP contribution in [0, 0.1) is 0 Å². The zero-order valence-electron chi connectivity index (χ0n) is 9.81. The molecule has 92 valence electrons. The summed E-state index contributed by atoms with van der Waals surface area (Å²) in [6, 6.07) is 0.0949. The lowest BCUT2D eigenvalue weighted by molar-refractivity contribution is -0.147. The van der Waals surface area contributed by atoms with Gasteiger partial charge in [-0.1, -0.05) is 6.92 Å². The maximum absolute atomic E-state index is 11.8. The Hall–Kier alpha value is -1.10. The summed E-state index contributed by atoms with van der Waals surface area (Å²) in [7, 11) is 0. The number of carbonyl (C=O) groups is 2. The van der Waals surface area contributed by atoms with Crippen LogP contribution in [0.15, 0.2) is 0 Å². The Morgan fingerprint density at radius 1 is 1.44 bits per heavy atom. The van der Waals surface area contributed by atoms with Gasteiger partial charge in [-0.3, -0.25) is 9.59 Å². The molecule has 1 rings (SSSR count). The molecule has 2 atom stereocenters. The van der Waals surface area contributed by atoms with Gasteiger partial charge in [0, 0.05) is 13.0 Å². The molecule has 1 aliphatic rings. The predicted octanol–water partition coefficient (Wildman–Crippen LogP) is 0.877. The van der Waals surface area contributed by atoms with Crippen molar-refractivity contribution < 1.29 is 19.4 Å². The molecule has 0 bridgehead atoms. The van der Waals surface area contributed by atoms with Crippen molar-refractivity contribution in [1.82, 2.24) is 4.90 Å². The van der Waals surface area contributed by atoms with E-state index in [1.54, 1.807) is 4.90 Å². The fraction of sp³-hybridized carbons (Fsp3) is 0.818. The lowest BCUT2D eigenvalue weighted by Gasteiger charge is -2.38. The molecule has 1 heterocycles. The lowest BCUT2D eigenvalue weighted by atomic mass is 10.1. The second kappa shape index (κ2) is 5.84. The van der Waals surface area contributed by atoms with Gasteiger partial charge in [0.1, 0.15) is 0 Å². The van der Waals surface area contributed by atoms with Crippen LogP contribution in [0.5, 0.6) is 0 Å². The maximum Gasteiger partial charge on any atom is 0.303 e. The van der Waals surface area contributed by atoms with Crippen molar-refractivity contribution >= 4 is 11.9 Å². The van der Waals surface area contributed by atoms with Crippen molar-refractivity contribution in [3.05, 3.63) is 0 Å². The average molecular weight is 229 g/mol. The second-order valence-electron chi connectivity index (χ2n) is 4.15. The van der Waals surface area contributed by atoms with Crippen molar-refractivity contribution in [1.29, 1.82) is 0 Å². The van der Waals surface area contributed by atoms with Gasteiger partial charge in [-0.2, -0.15) is 0 Å². The molecule has 0 saturated carbocycles. The summed E-state index contributed by atoms with van der Waals surface area (Å²) in [5.74, 6) is -1.01. The van der Waals surface area contributed by atoms with Crippen LogP contribution in [0.2, 0.25) is 0 Å². The van der Waals surface area contributed by atoms with Crippen LogP contribution in [0.1, 0.15) is 33.1 Å². The largest absolute Gasteiger partial charge is 0.481 e. The Balaban J connectivity index is 2.52. The zero-order chi connectivity index (χ0) is 12.1. The molecule has 0 aromatic rings. The van der Waals surface area contributed by atoms with Gasteiger partial charge in [0.2, 0.25) is 5.91 Å². The molecule has 1 fully saturated rings. The van der Waals surface area contributed by atoms with E-state index in [-0.39, 0.29) is 30.9 Å². The summed E-state index contributed by atoms with van der Waals surface area (Å²) in [4.78, 5) is 24.0. The minimum Gasteiger partial charge on any atom is -0.481 e. The predicted molar refractivity (Wildman–Crippen MR) is 58.1 cm³/mol. The van der Waals surface area contributed by atoms with Crippen LogP contribution >= 0.6 is 0 Å². The number of nitrogens with zero attached hydrogens (tertiary/aromatic N) is 1. The molecule has 1 aliphatic heterocycles. The number of aliphatic carboxylic acids is 1. The van der Waals surface area contributed by atoms with Crippen molar-refractivity contribution in [2.75, 3.05) is 13.2 Å². The Morgan fingerprint density at radius 2 is 2.12 bits per heavy atom. The average Bonchev–Trinajstić information content (AvgIpc) is 2.25. The third-order valence-corrected chi connectivity index (χ3v) is 2.81. The Kier molecular flexibility index (Phi) is 4.73. The summed E-state index contributed by atoms with van der Waals surface area (Å²) < 4.78 is 5.48. The number of amides is 1. The van der Waals surface area contributed by atoms with E-state index in [9.17, 15) is 9.59 Å². The summed E-state index contributed by atoms with van der Waals surface area (Å²) in [5.41, 5.74) is 0. The first-order valence-electron chi connectivity index (χ1n) is 5.67. The number of carboxylic acids is 1. The molecule has 1 saturated heterocycles. The molecule has 0 spiro atoms. The standard InChI is InChI=1S/C11H19NO4/c1-3-9-7-16-8(2)6-12(9)10(13)4-5-11(14)15/h8-9H,3-7H2,1-2H3,(H,14,15). The normalized spacial score (nSPS) is 25.5. The third-order valence-electron chi connectivity index (χ3n) is 2.81. The Bertz CT molecular complexity index is 267. The van der Waals surface area contributed by atoms with Crippen molar-refractivity contribution in [2.24, 2.45) is 0 Å². The van der Waals surface area contributed by atoms with Gasteiger partial charge in [-0.05, 0) is 13.3 Å². The van der Waals surface area contributed by atoms with E-state index in [4.69, 9.17) is 9.84 Å². The molecular weight excluding hydrogens is 210 g/mol. The SMILES string of the molecule is CCC1COC(C)CN1C(=O)CCC(=O)O. The number of morpholine rings is 1. The Labute approximate surface area is 95.4 Å². The first kappa shape index (κ1) is 13.0. The van der Waals surface area contributed by atoms with E-state index < -0.39 is 5.97 Å². The third kappa shape index (κ3) is 3.48. The molecule has 0 aromatic heterocycles. The topological polar surface area (TPSA) is 66.8 Å². The highest BCUT2D eigenvalue weighted by atomic mass is 16.5. The molecule has 2 unspecified atom stereocenters. The molecule has 16 heavy (non-hydrogen) atoms. The van der Waals surface area contributed by atoms with Gasteiger partial charge < -0.3 is 14.7 Å². The first-order valence-corrected chi connectivity index (χ1v) is 5.67. The highest BCUT2D eigenvalue weighted by Crippen LogP contribution is 2.16. The highest BCUT2D eigenvalue weighted by molar-refractivity contribution is 5.81. The van der Waals surface area contributed by atoms with Gasteiger partial charge in [-0.15, -0.1) is 0 Å². The van der Waals surface area contributed by atoms with Crippen LogP contribution in [0.25, 0.3) is 0 Å². The van der Waals surface area contributed by atoms with Crippen LogP contribution in [-0.4, -0.2) is 47.2 Å². The summed E-state index contributed by atoms with van der Waals surface area (Å²) >= 11 is 0. The van der Waals surface area contributed by atoms with Crippen molar-refractivity contribution in [3.8, 4) is 0 Å². The minimum absolute atomic E-state index is 0.0385. The van der Waals surface area contributed by atoms with E-state index in [2.05, 4.69) is 0 Å². The molecule has 5 nitrogen and oxygen atoms in total. The zero-order valence-corrected chi connectivity index (χ0v) is 9.81. The van der Waals surface area contributed by atoms with Crippen molar-refractivity contribution in [3.63, 3.8) is 0 Å². The lowest BCUT2D eigenvalue weighted by Crippen LogP contribution is -2.51. The fourth-order valence-electron chi connectivity index (χ4n) is 1.85. The van der Waals surface area contributed by atoms with E-state index >= 15 is 0 Å². The summed E-state index contributed by atoms with van der Waals surface area (Å²) in [6.07, 6.45) is 0.863. The second-order valence-corrected chi connectivity index (χ2v) is 4.15. The fourth-order valence-corrected chi connectivity index (χ4v) is 1.85. The minimum atomic E-state index is -0.928. The molecule has 1 amide bonds. The van der Waals surface area contributed by atoms with E-state index in [1.165, 1.54) is 0 Å². The smallest absolute Gasteiger partial charge is 0.303 e. The van der Waals surface area contributed by atoms with E-state index in [0.29, 0.717) is 13.2 Å². The van der Waals surface area contributed by atoms with Gasteiger partial charge in [0.25, 0.3) is 0 Å². The van der Waals surface area contributed by atoms with Crippen LogP contribution in [0.3, 0.4) is 0 Å². The van der Waals surface area contributed by atoms with Crippen LogP contribution in [-0.2, 0) is 14.3 Å². The summed E-state index contributed by atoms with van der Waals surface area (Å²) in [6.45, 7) is 5.04. The number of hydrogen-bond donors (Lipinski definition) is 1. The monoisotopic (exact) mass is 229 g/mol. The number of carbonyl (C=O) groups excluding carboxylic acids is 1. The van der Waals surface area contributed by atoms with Gasteiger partial charge >= 0.3 is 5.97 Å². The van der Waals surface area contributed by atoms with E-state index in [1.807, 2.05) is 13.8 Å². The molecule has 0 radical (unpaired) electrons. The number of ether oxygens (including phenoxy) is 1. The summed E-state index contributed by atoms with van der Waals surface area (Å²) in [5, 5.41) is 8.54. The van der Waals surface area contributed by atoms with Gasteiger partial charge in [0.15, 0.2) is 0 Å². The molecule has 5 heteroatoms. The highest BCUT2D eigenvalue weighted by Gasteiger charge is 2.29. The number of hydrogen-bond acceptors (Lipinski definition) is 3. The quantitative estimate of drug-likeness (QED) is 0.777. The van der Waals surface area contributed by atoms with E-state index in [0.717, 1.165) is 6.42 Å². The molecule has 1 N–H and O–H groups in total.